The number of nitrogens with zero attached hydrogens (tertiary/aromatic N) is 1. The van der Waals surface area contributed by atoms with Gasteiger partial charge in [0.1, 0.15) is 5.75 Å². The minimum atomic E-state index is -0.179. The van der Waals surface area contributed by atoms with Crippen molar-refractivity contribution in [3.8, 4) is 5.75 Å². The van der Waals surface area contributed by atoms with Crippen LogP contribution in [0.4, 0.5) is 0 Å². The van der Waals surface area contributed by atoms with Crippen LogP contribution < -0.4 is 10.1 Å². The molecule has 3 heterocycles. The Morgan fingerprint density at radius 2 is 2.04 bits per heavy atom. The summed E-state index contributed by atoms with van der Waals surface area (Å²) in [6.45, 7) is 3.47. The SMILES string of the molecule is COc1ccccc1CN1CCC2(CCC(CNC(=O)c3ccco3)O2)CC1. The quantitative estimate of drug-likeness (QED) is 0.828. The highest BCUT2D eigenvalue weighted by atomic mass is 16.5. The molecule has 2 saturated heterocycles. The Labute approximate surface area is 165 Å². The molecule has 1 unspecified atom stereocenters. The summed E-state index contributed by atoms with van der Waals surface area (Å²) in [6.07, 6.45) is 5.71. The molecule has 1 atom stereocenters. The van der Waals surface area contributed by atoms with Gasteiger partial charge in [-0.3, -0.25) is 9.69 Å². The fourth-order valence-electron chi connectivity index (χ4n) is 4.30. The number of benzene rings is 1. The molecule has 28 heavy (non-hydrogen) atoms. The molecule has 0 aliphatic carbocycles. The van der Waals surface area contributed by atoms with E-state index in [9.17, 15) is 4.79 Å². The first-order valence-corrected chi connectivity index (χ1v) is 10.0. The molecule has 2 aromatic rings. The summed E-state index contributed by atoms with van der Waals surface area (Å²) >= 11 is 0. The maximum Gasteiger partial charge on any atom is 0.287 e. The second-order valence-corrected chi connectivity index (χ2v) is 7.74. The van der Waals surface area contributed by atoms with E-state index in [1.54, 1.807) is 19.2 Å². The Bertz CT molecular complexity index is 782. The third-order valence-electron chi connectivity index (χ3n) is 5.93. The van der Waals surface area contributed by atoms with Gasteiger partial charge < -0.3 is 19.2 Å². The van der Waals surface area contributed by atoms with Crippen molar-refractivity contribution >= 4 is 5.91 Å². The first-order valence-electron chi connectivity index (χ1n) is 10.0. The zero-order chi connectivity index (χ0) is 19.4. The average Bonchev–Trinajstić information content (AvgIpc) is 3.39. The third-order valence-corrected chi connectivity index (χ3v) is 5.93. The van der Waals surface area contributed by atoms with Crippen molar-refractivity contribution in [2.45, 2.75) is 43.9 Å². The van der Waals surface area contributed by atoms with E-state index in [2.05, 4.69) is 22.3 Å². The number of piperidine rings is 1. The van der Waals surface area contributed by atoms with Gasteiger partial charge in [0.05, 0.1) is 25.1 Å². The van der Waals surface area contributed by atoms with E-state index in [4.69, 9.17) is 13.9 Å². The largest absolute Gasteiger partial charge is 0.496 e. The lowest BCUT2D eigenvalue weighted by atomic mass is 9.88. The molecule has 1 spiro atoms. The van der Waals surface area contributed by atoms with Crippen molar-refractivity contribution in [3.63, 3.8) is 0 Å². The van der Waals surface area contributed by atoms with Crippen LogP contribution >= 0.6 is 0 Å². The van der Waals surface area contributed by atoms with Crippen molar-refractivity contribution in [2.24, 2.45) is 0 Å². The number of likely N-dealkylation sites (tertiary alicyclic amines) is 1. The Balaban J connectivity index is 1.25. The van der Waals surface area contributed by atoms with Crippen LogP contribution in [-0.4, -0.2) is 49.3 Å². The van der Waals surface area contributed by atoms with Crippen LogP contribution in [0.3, 0.4) is 0 Å². The van der Waals surface area contributed by atoms with Gasteiger partial charge in [-0.05, 0) is 43.9 Å². The van der Waals surface area contributed by atoms with Crippen molar-refractivity contribution in [1.82, 2.24) is 10.2 Å². The number of para-hydroxylation sites is 1. The highest BCUT2D eigenvalue weighted by molar-refractivity contribution is 5.91. The predicted molar refractivity (Wildman–Crippen MR) is 105 cm³/mol. The molecular weight excluding hydrogens is 356 g/mol. The topological polar surface area (TPSA) is 63.9 Å². The number of hydrogen-bond donors (Lipinski definition) is 1. The van der Waals surface area contributed by atoms with E-state index in [1.807, 2.05) is 12.1 Å². The summed E-state index contributed by atoms with van der Waals surface area (Å²) < 4.78 is 17.0. The summed E-state index contributed by atoms with van der Waals surface area (Å²) in [6, 6.07) is 11.6. The normalized spacial score (nSPS) is 21.7. The van der Waals surface area contributed by atoms with Gasteiger partial charge in [0.2, 0.25) is 0 Å². The minimum Gasteiger partial charge on any atom is -0.496 e. The van der Waals surface area contributed by atoms with E-state index in [1.165, 1.54) is 11.8 Å². The Morgan fingerprint density at radius 1 is 1.21 bits per heavy atom. The smallest absolute Gasteiger partial charge is 0.287 e. The highest BCUT2D eigenvalue weighted by Crippen LogP contribution is 2.39. The summed E-state index contributed by atoms with van der Waals surface area (Å²) in [5.74, 6) is 1.12. The van der Waals surface area contributed by atoms with Crippen LogP contribution in [0.1, 0.15) is 41.8 Å². The number of amides is 1. The molecule has 0 radical (unpaired) electrons. The molecule has 1 amide bonds. The number of nitrogens with one attached hydrogen (secondary N) is 1. The Kier molecular flexibility index (Phi) is 5.69. The predicted octanol–water partition coefficient (Wildman–Crippen LogP) is 3.23. The first kappa shape index (κ1) is 19.0. The van der Waals surface area contributed by atoms with Crippen molar-refractivity contribution in [2.75, 3.05) is 26.7 Å². The van der Waals surface area contributed by atoms with Gasteiger partial charge in [-0.2, -0.15) is 0 Å². The van der Waals surface area contributed by atoms with Gasteiger partial charge in [-0.25, -0.2) is 0 Å². The molecule has 2 fully saturated rings. The van der Waals surface area contributed by atoms with Crippen LogP contribution in [0.5, 0.6) is 5.75 Å². The number of hydrogen-bond acceptors (Lipinski definition) is 5. The van der Waals surface area contributed by atoms with Crippen LogP contribution in [0, 0.1) is 0 Å². The van der Waals surface area contributed by atoms with Gasteiger partial charge >= 0.3 is 0 Å². The fraction of sp³-hybridized carbons (Fsp3) is 0.500. The van der Waals surface area contributed by atoms with Crippen LogP contribution in [0.15, 0.2) is 47.1 Å². The number of carbonyl (C=O) groups is 1. The second-order valence-electron chi connectivity index (χ2n) is 7.74. The number of furan rings is 1. The summed E-state index contributed by atoms with van der Waals surface area (Å²) in [4.78, 5) is 14.5. The zero-order valence-corrected chi connectivity index (χ0v) is 16.4. The summed E-state index contributed by atoms with van der Waals surface area (Å²) in [7, 11) is 1.72. The molecule has 6 nitrogen and oxygen atoms in total. The number of ether oxygens (including phenoxy) is 2. The average molecular weight is 384 g/mol. The molecule has 1 aromatic heterocycles. The summed E-state index contributed by atoms with van der Waals surface area (Å²) in [5, 5.41) is 2.92. The van der Waals surface area contributed by atoms with Gasteiger partial charge in [0.15, 0.2) is 5.76 Å². The number of rotatable bonds is 6. The van der Waals surface area contributed by atoms with Crippen molar-refractivity contribution in [3.05, 3.63) is 54.0 Å². The molecule has 6 heteroatoms. The number of carbonyl (C=O) groups excluding carboxylic acids is 1. The molecule has 1 aromatic carbocycles. The Morgan fingerprint density at radius 3 is 2.79 bits per heavy atom. The highest BCUT2D eigenvalue weighted by Gasteiger charge is 2.42. The van der Waals surface area contributed by atoms with Crippen LogP contribution in [0.2, 0.25) is 0 Å². The first-order chi connectivity index (χ1) is 13.7. The van der Waals surface area contributed by atoms with E-state index < -0.39 is 0 Å². The lowest BCUT2D eigenvalue weighted by Crippen LogP contribution is -2.44. The maximum atomic E-state index is 12.0. The minimum absolute atomic E-state index is 0.0304. The van der Waals surface area contributed by atoms with Crippen LogP contribution in [0.25, 0.3) is 0 Å². The van der Waals surface area contributed by atoms with Crippen LogP contribution in [-0.2, 0) is 11.3 Å². The number of methoxy groups -OCH3 is 1. The standard InChI is InChI=1S/C22H28N2O4/c1-26-19-6-3-2-5-17(19)16-24-12-10-22(11-13-24)9-8-18(28-22)15-23-21(25)20-7-4-14-27-20/h2-7,14,18H,8-13,15-16H2,1H3,(H,23,25). The fourth-order valence-corrected chi connectivity index (χ4v) is 4.30. The third kappa shape index (κ3) is 4.23. The molecule has 4 rings (SSSR count). The summed E-state index contributed by atoms with van der Waals surface area (Å²) in [5.41, 5.74) is 1.20. The van der Waals surface area contributed by atoms with E-state index in [0.717, 1.165) is 51.1 Å². The molecule has 1 N–H and O–H groups in total. The van der Waals surface area contributed by atoms with Gasteiger partial charge in [-0.1, -0.05) is 18.2 Å². The van der Waals surface area contributed by atoms with Gasteiger partial charge in [0.25, 0.3) is 5.91 Å². The van der Waals surface area contributed by atoms with Gasteiger partial charge in [-0.15, -0.1) is 0 Å². The van der Waals surface area contributed by atoms with Crippen molar-refractivity contribution in [1.29, 1.82) is 0 Å². The second kappa shape index (κ2) is 8.37. The van der Waals surface area contributed by atoms with Crippen molar-refractivity contribution < 1.29 is 18.7 Å². The lowest BCUT2D eigenvalue weighted by Gasteiger charge is -2.39. The Hall–Kier alpha value is -2.31. The molecule has 150 valence electrons. The van der Waals surface area contributed by atoms with E-state index >= 15 is 0 Å². The lowest BCUT2D eigenvalue weighted by molar-refractivity contribution is -0.0765. The molecule has 2 aliphatic rings. The van der Waals surface area contributed by atoms with E-state index in [0.29, 0.717) is 12.3 Å². The van der Waals surface area contributed by atoms with E-state index in [-0.39, 0.29) is 17.6 Å². The van der Waals surface area contributed by atoms with Gasteiger partial charge in [0, 0.05) is 31.7 Å². The zero-order valence-electron chi connectivity index (χ0n) is 16.4. The molecule has 0 bridgehead atoms. The monoisotopic (exact) mass is 384 g/mol. The molecule has 2 aliphatic heterocycles. The maximum absolute atomic E-state index is 12.0. The molecular formula is C22H28N2O4. The molecule has 0 saturated carbocycles.